The van der Waals surface area contributed by atoms with Gasteiger partial charge in [-0.3, -0.25) is 0 Å². The summed E-state index contributed by atoms with van der Waals surface area (Å²) in [6, 6.07) is 14.9. The predicted octanol–water partition coefficient (Wildman–Crippen LogP) is 3.46. The third-order valence-electron chi connectivity index (χ3n) is 3.45. The highest BCUT2D eigenvalue weighted by atomic mass is 16.5. The lowest BCUT2D eigenvalue weighted by Gasteiger charge is -2.05. The number of aromatic carboxylic acids is 1. The second kappa shape index (κ2) is 5.32. The van der Waals surface area contributed by atoms with E-state index in [9.17, 15) is 9.90 Å². The van der Waals surface area contributed by atoms with Crippen LogP contribution in [-0.2, 0) is 13.7 Å². The Morgan fingerprint density at radius 2 is 1.90 bits per heavy atom. The summed E-state index contributed by atoms with van der Waals surface area (Å²) < 4.78 is 7.59. The fraction of sp³-hybridized carbons (Fsp3) is 0.118. The van der Waals surface area contributed by atoms with Crippen molar-refractivity contribution in [2.75, 3.05) is 0 Å². The second-order valence-corrected chi connectivity index (χ2v) is 4.87. The first kappa shape index (κ1) is 13.2. The van der Waals surface area contributed by atoms with Crippen molar-refractivity contribution >= 4 is 16.9 Å². The Bertz CT molecular complexity index is 790. The van der Waals surface area contributed by atoms with Crippen LogP contribution in [0.15, 0.2) is 54.7 Å². The summed E-state index contributed by atoms with van der Waals surface area (Å²) in [4.78, 5) is 11.3. The molecule has 0 unspecified atom stereocenters. The Labute approximate surface area is 122 Å². The molecule has 0 amide bonds. The van der Waals surface area contributed by atoms with Crippen LogP contribution in [-0.4, -0.2) is 15.6 Å². The molecule has 3 rings (SSSR count). The summed E-state index contributed by atoms with van der Waals surface area (Å²) >= 11 is 0. The predicted molar refractivity (Wildman–Crippen MR) is 80.7 cm³/mol. The number of para-hydroxylation sites is 2. The minimum absolute atomic E-state index is 0.306. The Morgan fingerprint density at radius 3 is 2.62 bits per heavy atom. The molecule has 3 aromatic rings. The molecule has 0 spiro atoms. The summed E-state index contributed by atoms with van der Waals surface area (Å²) in [6.45, 7) is 0.407. The van der Waals surface area contributed by atoms with E-state index in [4.69, 9.17) is 4.74 Å². The Morgan fingerprint density at radius 1 is 1.14 bits per heavy atom. The molecule has 4 nitrogen and oxygen atoms in total. The highest BCUT2D eigenvalue weighted by molar-refractivity contribution is 6.03. The van der Waals surface area contributed by atoms with E-state index in [1.807, 2.05) is 54.2 Å². The first-order chi connectivity index (χ1) is 10.2. The number of aromatic nitrogens is 1. The summed E-state index contributed by atoms with van der Waals surface area (Å²) in [6.07, 6.45) is 1.92. The van der Waals surface area contributed by atoms with E-state index in [0.717, 1.165) is 22.2 Å². The van der Waals surface area contributed by atoms with Crippen molar-refractivity contribution < 1.29 is 14.6 Å². The van der Waals surface area contributed by atoms with Gasteiger partial charge in [0.15, 0.2) is 0 Å². The van der Waals surface area contributed by atoms with Gasteiger partial charge in [-0.1, -0.05) is 30.3 Å². The van der Waals surface area contributed by atoms with Crippen molar-refractivity contribution in [1.29, 1.82) is 0 Å². The van der Waals surface area contributed by atoms with Crippen molar-refractivity contribution in [2.24, 2.45) is 7.05 Å². The van der Waals surface area contributed by atoms with Gasteiger partial charge < -0.3 is 14.4 Å². The zero-order valence-electron chi connectivity index (χ0n) is 11.6. The molecular weight excluding hydrogens is 266 g/mol. The fourth-order valence-electron chi connectivity index (χ4n) is 2.52. The quantitative estimate of drug-likeness (QED) is 0.796. The van der Waals surface area contributed by atoms with Crippen LogP contribution in [0.1, 0.15) is 15.9 Å². The minimum Gasteiger partial charge on any atom is -0.489 e. The van der Waals surface area contributed by atoms with Gasteiger partial charge in [-0.05, 0) is 18.2 Å². The monoisotopic (exact) mass is 281 g/mol. The maximum atomic E-state index is 11.3. The van der Waals surface area contributed by atoms with Crippen LogP contribution in [0.5, 0.6) is 5.75 Å². The number of benzene rings is 2. The molecule has 1 N–H and O–H groups in total. The van der Waals surface area contributed by atoms with E-state index in [1.165, 1.54) is 0 Å². The number of hydrogen-bond acceptors (Lipinski definition) is 2. The smallest absolute Gasteiger partial charge is 0.337 e. The molecule has 0 aliphatic heterocycles. The van der Waals surface area contributed by atoms with Gasteiger partial charge in [0.05, 0.1) is 11.1 Å². The van der Waals surface area contributed by atoms with Crippen molar-refractivity contribution in [3.05, 3.63) is 65.9 Å². The Hall–Kier alpha value is -2.75. The second-order valence-electron chi connectivity index (χ2n) is 4.87. The molecule has 1 aromatic heterocycles. The van der Waals surface area contributed by atoms with Crippen LogP contribution in [0.4, 0.5) is 0 Å². The molecule has 0 aliphatic rings. The molecule has 0 saturated carbocycles. The topological polar surface area (TPSA) is 51.5 Å². The lowest BCUT2D eigenvalue weighted by atomic mass is 10.1. The average Bonchev–Trinajstić information content (AvgIpc) is 2.83. The third-order valence-corrected chi connectivity index (χ3v) is 3.45. The largest absolute Gasteiger partial charge is 0.489 e. The molecule has 0 aliphatic carbocycles. The molecule has 0 radical (unpaired) electrons. The van der Waals surface area contributed by atoms with E-state index < -0.39 is 5.97 Å². The van der Waals surface area contributed by atoms with Crippen LogP contribution < -0.4 is 4.74 Å². The van der Waals surface area contributed by atoms with Crippen molar-refractivity contribution in [3.8, 4) is 5.75 Å². The first-order valence-electron chi connectivity index (χ1n) is 6.65. The number of carboxylic acids is 1. The van der Waals surface area contributed by atoms with Crippen molar-refractivity contribution in [2.45, 2.75) is 6.61 Å². The van der Waals surface area contributed by atoms with Gasteiger partial charge >= 0.3 is 5.97 Å². The zero-order valence-corrected chi connectivity index (χ0v) is 11.6. The van der Waals surface area contributed by atoms with Gasteiger partial charge in [0, 0.05) is 24.2 Å². The Balaban J connectivity index is 1.97. The molecule has 2 aromatic carbocycles. The van der Waals surface area contributed by atoms with E-state index in [0.29, 0.717) is 12.2 Å². The zero-order chi connectivity index (χ0) is 14.8. The normalized spacial score (nSPS) is 10.7. The summed E-state index contributed by atoms with van der Waals surface area (Å²) in [5.41, 5.74) is 2.00. The number of carboxylic acid groups (broad SMARTS) is 1. The average molecular weight is 281 g/mol. The molecule has 0 bridgehead atoms. The number of hydrogen-bond donors (Lipinski definition) is 1. The molecule has 0 fully saturated rings. The van der Waals surface area contributed by atoms with Crippen LogP contribution in [0.2, 0.25) is 0 Å². The van der Waals surface area contributed by atoms with E-state index in [-0.39, 0.29) is 0 Å². The third kappa shape index (κ3) is 2.48. The molecule has 0 saturated heterocycles. The highest BCUT2D eigenvalue weighted by Crippen LogP contribution is 2.25. The number of rotatable bonds is 4. The SMILES string of the molecule is Cn1cc(COc2ccccc2)c2cccc(C(=O)O)c21. The molecule has 106 valence electrons. The van der Waals surface area contributed by atoms with E-state index >= 15 is 0 Å². The van der Waals surface area contributed by atoms with Crippen molar-refractivity contribution in [3.63, 3.8) is 0 Å². The van der Waals surface area contributed by atoms with E-state index in [1.54, 1.807) is 12.1 Å². The molecular formula is C17H15NO3. The number of fused-ring (bicyclic) bond motifs is 1. The number of carbonyl (C=O) groups is 1. The van der Waals surface area contributed by atoms with Gasteiger partial charge in [0.25, 0.3) is 0 Å². The maximum absolute atomic E-state index is 11.3. The van der Waals surface area contributed by atoms with Gasteiger partial charge in [-0.25, -0.2) is 4.79 Å². The number of aryl methyl sites for hydroxylation is 1. The molecule has 4 heteroatoms. The van der Waals surface area contributed by atoms with Gasteiger partial charge in [0.2, 0.25) is 0 Å². The standard InChI is InChI=1S/C17H15NO3/c1-18-10-12(11-21-13-6-3-2-4-7-13)14-8-5-9-15(16(14)18)17(19)20/h2-10H,11H2,1H3,(H,19,20). The van der Waals surface area contributed by atoms with Crippen molar-refractivity contribution in [1.82, 2.24) is 4.57 Å². The maximum Gasteiger partial charge on any atom is 0.337 e. The number of nitrogens with zero attached hydrogens (tertiary/aromatic N) is 1. The fourth-order valence-corrected chi connectivity index (χ4v) is 2.52. The van der Waals surface area contributed by atoms with Crippen LogP contribution in [0.25, 0.3) is 10.9 Å². The Kier molecular flexibility index (Phi) is 3.36. The van der Waals surface area contributed by atoms with Crippen LogP contribution in [0, 0.1) is 0 Å². The summed E-state index contributed by atoms with van der Waals surface area (Å²) in [5, 5.41) is 10.2. The van der Waals surface area contributed by atoms with Gasteiger partial charge in [0.1, 0.15) is 12.4 Å². The molecule has 21 heavy (non-hydrogen) atoms. The van der Waals surface area contributed by atoms with Crippen LogP contribution >= 0.6 is 0 Å². The summed E-state index contributed by atoms with van der Waals surface area (Å²) in [7, 11) is 1.85. The summed E-state index contributed by atoms with van der Waals surface area (Å²) in [5.74, 6) is -0.124. The van der Waals surface area contributed by atoms with Crippen LogP contribution in [0.3, 0.4) is 0 Å². The van der Waals surface area contributed by atoms with Gasteiger partial charge in [-0.15, -0.1) is 0 Å². The number of ether oxygens (including phenoxy) is 1. The highest BCUT2D eigenvalue weighted by Gasteiger charge is 2.14. The molecule has 0 atom stereocenters. The lowest BCUT2D eigenvalue weighted by molar-refractivity contribution is 0.0698. The van der Waals surface area contributed by atoms with E-state index in [2.05, 4.69) is 0 Å². The first-order valence-corrected chi connectivity index (χ1v) is 6.65. The molecule has 1 heterocycles. The van der Waals surface area contributed by atoms with Gasteiger partial charge in [-0.2, -0.15) is 0 Å². The minimum atomic E-state index is -0.919. The lowest BCUT2D eigenvalue weighted by Crippen LogP contribution is -1.99.